The fourth-order valence-corrected chi connectivity index (χ4v) is 7.02. The molecule has 0 spiro atoms. The van der Waals surface area contributed by atoms with E-state index in [1.165, 1.54) is 11.3 Å². The Morgan fingerprint density at radius 1 is 1.16 bits per heavy atom. The molecule has 1 fully saturated rings. The summed E-state index contributed by atoms with van der Waals surface area (Å²) in [4.78, 5) is 4.34. The van der Waals surface area contributed by atoms with Crippen LogP contribution in [-0.2, 0) is 22.7 Å². The van der Waals surface area contributed by atoms with Crippen molar-refractivity contribution in [2.24, 2.45) is 0 Å². The number of rotatable bonds is 7. The van der Waals surface area contributed by atoms with Gasteiger partial charge in [0, 0.05) is 15.8 Å². The fraction of sp³-hybridized carbons (Fsp3) is 0.429. The van der Waals surface area contributed by atoms with Crippen molar-refractivity contribution in [2.75, 3.05) is 0 Å². The number of halogens is 5. The van der Waals surface area contributed by atoms with Crippen LogP contribution in [0.25, 0.3) is 21.6 Å². The Hall–Kier alpha value is -2.56. The molecule has 198 valence electrons. The number of hydrogen-bond donors (Lipinski definition) is 1. The topological polar surface area (TPSA) is 103 Å². The molecule has 0 aliphatic heterocycles. The van der Waals surface area contributed by atoms with Gasteiger partial charge in [0.25, 0.3) is 6.43 Å². The van der Waals surface area contributed by atoms with E-state index in [2.05, 4.69) is 25.0 Å². The first-order chi connectivity index (χ1) is 17.2. The maximum Gasteiger partial charge on any atom is 0.418 e. The lowest BCUT2D eigenvalue weighted by Gasteiger charge is -2.16. The molecule has 3 aromatic heterocycles. The van der Waals surface area contributed by atoms with Crippen LogP contribution in [0.3, 0.4) is 0 Å². The van der Waals surface area contributed by atoms with Gasteiger partial charge in [-0.3, -0.25) is 4.68 Å². The van der Waals surface area contributed by atoms with Gasteiger partial charge in [-0.15, -0.1) is 21.5 Å². The summed E-state index contributed by atoms with van der Waals surface area (Å²) in [6, 6.07) is 1.65. The lowest BCUT2D eigenvalue weighted by Crippen LogP contribution is -2.34. The van der Waals surface area contributed by atoms with E-state index in [-0.39, 0.29) is 22.6 Å². The molecule has 4 aromatic rings. The van der Waals surface area contributed by atoms with Crippen LogP contribution in [-0.4, -0.2) is 38.9 Å². The van der Waals surface area contributed by atoms with Gasteiger partial charge in [-0.05, 0) is 45.7 Å². The third kappa shape index (κ3) is 4.98. The number of nitrogens with one attached hydrogen (secondary N) is 1. The van der Waals surface area contributed by atoms with Gasteiger partial charge < -0.3 is 0 Å². The predicted octanol–water partition coefficient (Wildman–Crippen LogP) is 5.46. The van der Waals surface area contributed by atoms with Crippen molar-refractivity contribution in [3.8, 4) is 10.7 Å². The van der Waals surface area contributed by atoms with E-state index in [9.17, 15) is 30.4 Å². The van der Waals surface area contributed by atoms with Gasteiger partial charge in [0.2, 0.25) is 10.0 Å². The van der Waals surface area contributed by atoms with E-state index in [1.807, 2.05) is 0 Å². The third-order valence-electron chi connectivity index (χ3n) is 5.94. The third-order valence-corrected chi connectivity index (χ3v) is 9.55. The molecule has 3 heterocycles. The molecule has 0 saturated heterocycles. The van der Waals surface area contributed by atoms with Crippen molar-refractivity contribution < 1.29 is 30.4 Å². The first-order valence-corrected chi connectivity index (χ1v) is 14.0. The SMILES string of the molecule is Cc1nc(C)c(Cn2nc(-c3nnc(C(F)F)s3)c3cc(S(=O)(=O)NC4(C)CC4)cc(C(F)(F)F)c32)s1. The smallest absolute Gasteiger partial charge is 0.258 e. The van der Waals surface area contributed by atoms with Gasteiger partial charge in [0.15, 0.2) is 10.0 Å². The number of fused-ring (bicyclic) bond motifs is 1. The molecule has 0 atom stereocenters. The van der Waals surface area contributed by atoms with Gasteiger partial charge >= 0.3 is 6.18 Å². The van der Waals surface area contributed by atoms with E-state index < -0.39 is 49.1 Å². The van der Waals surface area contributed by atoms with E-state index in [0.717, 1.165) is 10.7 Å². The molecular weight excluding hydrogens is 559 g/mol. The number of nitrogens with zero attached hydrogens (tertiary/aromatic N) is 5. The Morgan fingerprint density at radius 2 is 1.86 bits per heavy atom. The van der Waals surface area contributed by atoms with Crippen LogP contribution < -0.4 is 4.72 Å². The molecule has 1 aliphatic rings. The van der Waals surface area contributed by atoms with Crippen molar-refractivity contribution in [2.45, 2.75) is 63.2 Å². The highest BCUT2D eigenvalue weighted by atomic mass is 32.2. The average Bonchev–Trinajstić information content (AvgIpc) is 3.14. The summed E-state index contributed by atoms with van der Waals surface area (Å²) >= 11 is 1.76. The summed E-state index contributed by atoms with van der Waals surface area (Å²) in [6.45, 7) is 5.03. The van der Waals surface area contributed by atoms with Crippen LogP contribution in [0.1, 0.15) is 52.3 Å². The number of alkyl halides is 5. The number of sulfonamides is 1. The van der Waals surface area contributed by atoms with Crippen LogP contribution in [0.15, 0.2) is 17.0 Å². The van der Waals surface area contributed by atoms with E-state index >= 15 is 0 Å². The van der Waals surface area contributed by atoms with Gasteiger partial charge in [0.05, 0.1) is 33.2 Å². The van der Waals surface area contributed by atoms with Gasteiger partial charge in [-0.25, -0.2) is 26.9 Å². The lowest BCUT2D eigenvalue weighted by molar-refractivity contribution is -0.136. The Balaban J connectivity index is 1.78. The Labute approximate surface area is 215 Å². The van der Waals surface area contributed by atoms with Gasteiger partial charge in [-0.2, -0.15) is 18.3 Å². The monoisotopic (exact) mass is 578 g/mol. The molecular formula is C21H19F5N6O2S3. The molecule has 0 amide bonds. The Kier molecular flexibility index (Phi) is 6.16. The highest BCUT2D eigenvalue weighted by molar-refractivity contribution is 7.89. The molecule has 1 aromatic carbocycles. The van der Waals surface area contributed by atoms with Crippen molar-refractivity contribution in [3.63, 3.8) is 0 Å². The fourth-order valence-electron chi connectivity index (χ4n) is 3.88. The van der Waals surface area contributed by atoms with Crippen molar-refractivity contribution in [1.82, 2.24) is 29.7 Å². The molecule has 37 heavy (non-hydrogen) atoms. The zero-order valence-electron chi connectivity index (χ0n) is 19.5. The summed E-state index contributed by atoms with van der Waals surface area (Å²) in [5.74, 6) is 0. The van der Waals surface area contributed by atoms with Crippen LogP contribution in [0.4, 0.5) is 22.0 Å². The maximum absolute atomic E-state index is 14.4. The van der Waals surface area contributed by atoms with Gasteiger partial charge in [-0.1, -0.05) is 11.3 Å². The first kappa shape index (κ1) is 26.1. The number of aryl methyl sites for hydroxylation is 2. The van der Waals surface area contributed by atoms with Gasteiger partial charge in [0.1, 0.15) is 5.69 Å². The molecule has 0 unspecified atom stereocenters. The minimum absolute atomic E-state index is 0.0974. The number of thiazole rings is 1. The molecule has 1 aliphatic carbocycles. The molecule has 0 bridgehead atoms. The second-order valence-electron chi connectivity index (χ2n) is 9.02. The molecule has 1 saturated carbocycles. The Morgan fingerprint density at radius 3 is 2.41 bits per heavy atom. The Bertz CT molecular complexity index is 1620. The molecule has 1 N–H and O–H groups in total. The van der Waals surface area contributed by atoms with Crippen molar-refractivity contribution in [1.29, 1.82) is 0 Å². The van der Waals surface area contributed by atoms with Crippen LogP contribution in [0.5, 0.6) is 0 Å². The number of benzene rings is 1. The second-order valence-corrected chi connectivity index (χ2v) is 13.0. The van der Waals surface area contributed by atoms with E-state index in [0.29, 0.717) is 45.8 Å². The quantitative estimate of drug-likeness (QED) is 0.292. The van der Waals surface area contributed by atoms with Crippen molar-refractivity contribution >= 4 is 43.6 Å². The molecule has 8 nitrogen and oxygen atoms in total. The van der Waals surface area contributed by atoms with E-state index in [1.54, 1.807) is 20.8 Å². The number of aromatic nitrogens is 5. The second kappa shape index (κ2) is 8.74. The normalized spacial score (nSPS) is 15.7. The average molecular weight is 579 g/mol. The minimum atomic E-state index is -4.95. The minimum Gasteiger partial charge on any atom is -0.258 e. The van der Waals surface area contributed by atoms with Crippen LogP contribution in [0, 0.1) is 13.8 Å². The lowest BCUT2D eigenvalue weighted by atomic mass is 10.1. The largest absolute Gasteiger partial charge is 0.418 e. The zero-order valence-corrected chi connectivity index (χ0v) is 22.0. The molecule has 5 rings (SSSR count). The van der Waals surface area contributed by atoms with Crippen LogP contribution in [0.2, 0.25) is 0 Å². The molecule has 0 radical (unpaired) electrons. The molecule has 16 heteroatoms. The van der Waals surface area contributed by atoms with E-state index in [4.69, 9.17) is 0 Å². The summed E-state index contributed by atoms with van der Waals surface area (Å²) in [5, 5.41) is 11.2. The summed E-state index contributed by atoms with van der Waals surface area (Å²) in [7, 11) is -4.34. The highest BCUT2D eigenvalue weighted by Gasteiger charge is 2.43. The summed E-state index contributed by atoms with van der Waals surface area (Å²) < 4.78 is 99.2. The first-order valence-electron chi connectivity index (χ1n) is 10.9. The highest BCUT2D eigenvalue weighted by Crippen LogP contribution is 2.42. The van der Waals surface area contributed by atoms with Crippen LogP contribution >= 0.6 is 22.7 Å². The number of hydrogen-bond acceptors (Lipinski definition) is 8. The predicted molar refractivity (Wildman–Crippen MR) is 127 cm³/mol. The zero-order chi connectivity index (χ0) is 26.9. The summed E-state index contributed by atoms with van der Waals surface area (Å²) in [5.41, 5.74) is -1.90. The summed E-state index contributed by atoms with van der Waals surface area (Å²) in [6.07, 6.45) is -6.78. The van der Waals surface area contributed by atoms with Crippen molar-refractivity contribution in [3.05, 3.63) is 38.3 Å². The maximum atomic E-state index is 14.4. The standard InChI is InChI=1S/C21H19F5N6O2S3/c1-9-14(35-10(2)27-9)8-32-16-12(15(30-32)18-28-29-19(36-18)17(22)23)6-11(7-13(16)21(24,25)26)37(33,34)31-20(3)4-5-20/h6-7,17,31H,4-5,8H2,1-3H3.